The molecule has 2 aromatic carbocycles. The first-order chi connectivity index (χ1) is 31.5. The van der Waals surface area contributed by atoms with Gasteiger partial charge in [-0.25, -0.2) is 46.3 Å². The number of pyridine rings is 2. The number of rotatable bonds is 13. The van der Waals surface area contributed by atoms with Crippen molar-refractivity contribution >= 4 is 29.8 Å². The number of alkyl halides is 4. The van der Waals surface area contributed by atoms with E-state index in [4.69, 9.17) is 0 Å². The van der Waals surface area contributed by atoms with Crippen LogP contribution < -0.4 is 10.6 Å². The lowest BCUT2D eigenvalue weighted by atomic mass is 10.1. The molecule has 338 valence electrons. The summed E-state index contributed by atoms with van der Waals surface area (Å²) >= 11 is 0. The second kappa shape index (κ2) is 21.8. The van der Waals surface area contributed by atoms with E-state index in [9.17, 15) is 40.7 Å². The Morgan fingerprint density at radius 2 is 1.14 bits per heavy atom. The minimum Gasteiger partial charge on any atom is -0.348 e. The van der Waals surface area contributed by atoms with Gasteiger partial charge in [-0.2, -0.15) is 0 Å². The van der Waals surface area contributed by atoms with Crippen molar-refractivity contribution in [3.8, 4) is 45.0 Å². The van der Waals surface area contributed by atoms with E-state index in [-0.39, 0.29) is 11.9 Å². The lowest BCUT2D eigenvalue weighted by Crippen LogP contribution is -2.26. The maximum Gasteiger partial charge on any atom is 0.270 e. The molecule has 0 unspecified atom stereocenters. The van der Waals surface area contributed by atoms with Crippen molar-refractivity contribution in [2.24, 2.45) is 0 Å². The first-order valence-electron chi connectivity index (χ1n) is 20.5. The predicted octanol–water partition coefficient (Wildman–Crippen LogP) is 8.67. The summed E-state index contributed by atoms with van der Waals surface area (Å²) in [4.78, 5) is 50.1. The van der Waals surface area contributed by atoms with E-state index in [0.717, 1.165) is 19.1 Å². The number of benzene rings is 2. The van der Waals surface area contributed by atoms with Crippen molar-refractivity contribution < 1.29 is 40.7 Å². The number of halogens is 6. The van der Waals surface area contributed by atoms with Gasteiger partial charge < -0.3 is 24.6 Å². The van der Waals surface area contributed by atoms with Crippen LogP contribution in [0.25, 0.3) is 56.3 Å². The molecule has 0 saturated heterocycles. The lowest BCUT2D eigenvalue weighted by Gasteiger charge is -2.12. The molecule has 1 aliphatic carbocycles. The van der Waals surface area contributed by atoms with E-state index >= 15 is 0 Å². The predicted molar refractivity (Wildman–Crippen MR) is 233 cm³/mol. The highest BCUT2D eigenvalue weighted by atomic mass is 19.3. The van der Waals surface area contributed by atoms with Crippen molar-refractivity contribution in [3.05, 3.63) is 133 Å². The van der Waals surface area contributed by atoms with Gasteiger partial charge in [0, 0.05) is 40.7 Å². The summed E-state index contributed by atoms with van der Waals surface area (Å²) in [5, 5.41) is 5.58. The van der Waals surface area contributed by atoms with Crippen LogP contribution >= 0.6 is 0 Å². The third-order valence-electron chi connectivity index (χ3n) is 9.72. The van der Waals surface area contributed by atoms with Crippen molar-refractivity contribution in [1.29, 1.82) is 0 Å². The van der Waals surface area contributed by atoms with E-state index in [1.807, 2.05) is 13.8 Å². The van der Waals surface area contributed by atoms with E-state index < -0.39 is 37.6 Å². The van der Waals surface area contributed by atoms with Gasteiger partial charge in [0.1, 0.15) is 40.6 Å². The highest BCUT2D eigenvalue weighted by Crippen LogP contribution is 2.34. The van der Waals surface area contributed by atoms with Gasteiger partial charge >= 0.3 is 0 Å². The monoisotopic (exact) mass is 898 g/mol. The number of nitrogens with zero attached hydrogens (tertiary/aromatic N) is 8. The summed E-state index contributed by atoms with van der Waals surface area (Å²) in [5.74, 6) is -1.03. The molecular weight excluding hydrogens is 855 g/mol. The second-order valence-corrected chi connectivity index (χ2v) is 14.2. The SMILES string of the molecule is CC.CNCC=O.O=C(NC1CC1)c1cnc2ccc(-c3c(-c4ccc(F)cc4)ncn3CC(F)F)cn12.O=Cc1cnc2ccc(-c3c(-c4ccc(F)cc4)ncn3CC(F)F)cn12. The quantitative estimate of drug-likeness (QED) is 0.0865. The van der Waals surface area contributed by atoms with Gasteiger partial charge in [0.15, 0.2) is 6.29 Å². The van der Waals surface area contributed by atoms with Crippen LogP contribution in [0.2, 0.25) is 0 Å². The molecule has 0 spiro atoms. The molecule has 1 amide bonds. The zero-order valence-corrected chi connectivity index (χ0v) is 35.4. The zero-order chi connectivity index (χ0) is 46.6. The molecule has 0 bridgehead atoms. The number of nitrogens with one attached hydrogen (secondary N) is 2. The summed E-state index contributed by atoms with van der Waals surface area (Å²) in [5.41, 5.74) is 6.00. The van der Waals surface area contributed by atoms with Gasteiger partial charge in [0.05, 0.1) is 67.5 Å². The Balaban J connectivity index is 0.000000190. The van der Waals surface area contributed by atoms with Crippen LogP contribution in [0.1, 0.15) is 47.7 Å². The Morgan fingerprint density at radius 3 is 1.57 bits per heavy atom. The number of likely N-dealkylation sites (N-methyl/N-ethyl adjacent to an activating group) is 1. The molecule has 1 aliphatic rings. The van der Waals surface area contributed by atoms with Gasteiger partial charge in [-0.15, -0.1) is 0 Å². The molecule has 2 N–H and O–H groups in total. The van der Waals surface area contributed by atoms with E-state index in [0.29, 0.717) is 80.5 Å². The fourth-order valence-electron chi connectivity index (χ4n) is 6.67. The molecule has 6 heterocycles. The smallest absolute Gasteiger partial charge is 0.270 e. The number of amides is 1. The van der Waals surface area contributed by atoms with E-state index in [1.54, 1.807) is 76.8 Å². The number of hydrogen-bond acceptors (Lipinski definition) is 8. The Labute approximate surface area is 368 Å². The number of carbonyl (C=O) groups excluding carboxylic acids is 3. The molecule has 0 atom stereocenters. The standard InChI is InChI=1S/C22H18F3N5O.C19H13F3N4O.C3H7NO.C2H6/c23-15-4-1-13(2-5-15)20-21(29(12-27-20)11-18(24)25)14-3-8-19-26-9-17(30(19)10-14)22(31)28-16-6-7-16;20-14-4-1-12(2-5-14)18-19(25(11-24-18)9-16(21)22)13-3-6-17-23-7-15(10-27)26(17)8-13;1-4-2-3-5;1-2/h1-5,8-10,12,16,18H,6-7,11H2,(H,28,31);1-8,10-11,16H,9H2;3-4H,2H2,1H3;1-2H3. The van der Waals surface area contributed by atoms with Crippen LogP contribution in [0, 0.1) is 11.6 Å². The van der Waals surface area contributed by atoms with E-state index in [2.05, 4.69) is 30.6 Å². The van der Waals surface area contributed by atoms with Crippen LogP contribution in [-0.2, 0) is 17.9 Å². The largest absolute Gasteiger partial charge is 0.348 e. The fourth-order valence-corrected chi connectivity index (χ4v) is 6.67. The molecule has 13 nitrogen and oxygen atoms in total. The van der Waals surface area contributed by atoms with Crippen LogP contribution in [0.5, 0.6) is 0 Å². The lowest BCUT2D eigenvalue weighted by molar-refractivity contribution is -0.107. The van der Waals surface area contributed by atoms with Gasteiger partial charge in [0.25, 0.3) is 18.8 Å². The minimum atomic E-state index is -2.58. The van der Waals surface area contributed by atoms with Crippen molar-refractivity contribution in [2.75, 3.05) is 13.6 Å². The average Bonchev–Trinajstić information content (AvgIpc) is 3.61. The fraction of sp³-hybridized carbons (Fsp3) is 0.239. The van der Waals surface area contributed by atoms with Gasteiger partial charge in [-0.05, 0) is 92.7 Å². The second-order valence-electron chi connectivity index (χ2n) is 14.2. The Bertz CT molecular complexity index is 2850. The highest BCUT2D eigenvalue weighted by molar-refractivity contribution is 5.94. The summed E-state index contributed by atoms with van der Waals surface area (Å²) < 4.78 is 85.1. The molecule has 6 aromatic heterocycles. The third kappa shape index (κ3) is 11.4. The molecule has 19 heteroatoms. The molecule has 8 aromatic rings. The Kier molecular flexibility index (Phi) is 15.8. The molecule has 0 aliphatic heterocycles. The summed E-state index contributed by atoms with van der Waals surface area (Å²) in [6, 6.07) is 18.4. The third-order valence-corrected chi connectivity index (χ3v) is 9.72. The summed E-state index contributed by atoms with van der Waals surface area (Å²) in [6.45, 7) is 3.38. The number of hydrogen-bond donors (Lipinski definition) is 2. The molecule has 1 saturated carbocycles. The van der Waals surface area contributed by atoms with Crippen LogP contribution in [0.4, 0.5) is 26.3 Å². The molecule has 1 fully saturated rings. The first kappa shape index (κ1) is 47.1. The number of imidazole rings is 4. The normalized spacial score (nSPS) is 12.0. The molecule has 65 heavy (non-hydrogen) atoms. The number of carbonyl (C=O) groups is 3. The molecule has 0 radical (unpaired) electrons. The van der Waals surface area contributed by atoms with E-state index in [1.165, 1.54) is 58.4 Å². The van der Waals surface area contributed by atoms with Crippen molar-refractivity contribution in [2.45, 2.75) is 58.7 Å². The van der Waals surface area contributed by atoms with Crippen LogP contribution in [0.15, 0.2) is 110 Å². The minimum absolute atomic E-state index is 0.193. The Hall–Kier alpha value is -7.41. The van der Waals surface area contributed by atoms with Gasteiger partial charge in [-0.1, -0.05) is 13.8 Å². The topological polar surface area (TPSA) is 146 Å². The Morgan fingerprint density at radius 1 is 0.677 bits per heavy atom. The first-order valence-corrected chi connectivity index (χ1v) is 20.5. The number of aldehydes is 2. The maximum absolute atomic E-state index is 13.4. The highest BCUT2D eigenvalue weighted by Gasteiger charge is 2.26. The summed E-state index contributed by atoms with van der Waals surface area (Å²) in [7, 11) is 1.73. The summed E-state index contributed by atoms with van der Waals surface area (Å²) in [6.07, 6.45) is 7.21. The molecule has 9 rings (SSSR count). The maximum atomic E-state index is 13.4. The van der Waals surface area contributed by atoms with Gasteiger partial charge in [-0.3, -0.25) is 18.4 Å². The molecular formula is C46H44F6N10O3. The number of fused-ring (bicyclic) bond motifs is 2. The van der Waals surface area contributed by atoms with Gasteiger partial charge in [0.2, 0.25) is 0 Å². The zero-order valence-electron chi connectivity index (χ0n) is 35.4. The van der Waals surface area contributed by atoms with Crippen LogP contribution in [0.3, 0.4) is 0 Å². The van der Waals surface area contributed by atoms with Crippen LogP contribution in [-0.4, -0.2) is 88.8 Å². The van der Waals surface area contributed by atoms with Crippen molar-refractivity contribution in [3.63, 3.8) is 0 Å². The van der Waals surface area contributed by atoms with Crippen molar-refractivity contribution in [1.82, 2.24) is 48.5 Å². The number of aromatic nitrogens is 8. The average molecular weight is 899 g/mol.